The van der Waals surface area contributed by atoms with Gasteiger partial charge in [-0.15, -0.1) is 8.78 Å². The zero-order valence-corrected chi connectivity index (χ0v) is 17.9. The molecule has 2 aromatic rings. The molecule has 0 radical (unpaired) electrons. The number of aryl methyl sites for hydroxylation is 1. The molecule has 0 aliphatic carbocycles. The number of anilines is 1. The number of aliphatic hydroxyl groups excluding tert-OH is 1. The summed E-state index contributed by atoms with van der Waals surface area (Å²) >= 11 is 0. The molecule has 0 saturated carbocycles. The molecule has 8 nitrogen and oxygen atoms in total. The van der Waals surface area contributed by atoms with Crippen molar-refractivity contribution in [3.8, 4) is 11.5 Å². The number of para-hydroxylation sites is 1. The fourth-order valence-corrected chi connectivity index (χ4v) is 4.74. The van der Waals surface area contributed by atoms with Crippen LogP contribution in [-0.4, -0.2) is 58.6 Å². The summed E-state index contributed by atoms with van der Waals surface area (Å²) < 4.78 is 37.9. The molecule has 1 fully saturated rings. The molecule has 3 aliphatic heterocycles. The summed E-state index contributed by atoms with van der Waals surface area (Å²) in [5.41, 5.74) is 1.92. The topological polar surface area (TPSA) is 80.1 Å². The van der Waals surface area contributed by atoms with Gasteiger partial charge >= 0.3 is 6.29 Å². The summed E-state index contributed by atoms with van der Waals surface area (Å²) in [7, 11) is 0. The van der Waals surface area contributed by atoms with Crippen molar-refractivity contribution in [2.75, 3.05) is 37.6 Å². The van der Waals surface area contributed by atoms with Crippen molar-refractivity contribution in [1.82, 2.24) is 14.5 Å². The number of rotatable bonds is 4. The predicted molar refractivity (Wildman–Crippen MR) is 112 cm³/mol. The molecule has 10 heteroatoms. The number of aliphatic hydroxyl groups is 1. The second-order valence-corrected chi connectivity index (χ2v) is 8.50. The van der Waals surface area contributed by atoms with Crippen molar-refractivity contribution >= 4 is 5.69 Å². The van der Waals surface area contributed by atoms with Crippen LogP contribution in [0.15, 0.2) is 23.0 Å². The number of fused-ring (bicyclic) bond motifs is 2. The number of benzene rings is 1. The van der Waals surface area contributed by atoms with Crippen LogP contribution in [0.2, 0.25) is 0 Å². The van der Waals surface area contributed by atoms with Crippen LogP contribution in [0.5, 0.6) is 11.5 Å². The zero-order chi connectivity index (χ0) is 22.5. The van der Waals surface area contributed by atoms with Gasteiger partial charge < -0.3 is 19.5 Å². The Bertz CT molecular complexity index is 1080. The first-order valence-corrected chi connectivity index (χ1v) is 11.0. The summed E-state index contributed by atoms with van der Waals surface area (Å²) in [5, 5.41) is 10.1. The lowest BCUT2D eigenvalue weighted by molar-refractivity contribution is -0.286. The highest BCUT2D eigenvalue weighted by molar-refractivity contribution is 5.66. The van der Waals surface area contributed by atoms with E-state index in [1.807, 2.05) is 11.8 Å². The lowest BCUT2D eigenvalue weighted by Crippen LogP contribution is -2.47. The summed E-state index contributed by atoms with van der Waals surface area (Å²) in [6.07, 6.45) is -2.33. The van der Waals surface area contributed by atoms with Crippen LogP contribution < -0.4 is 19.9 Å². The molecule has 0 spiro atoms. The molecule has 1 aromatic heterocycles. The van der Waals surface area contributed by atoms with E-state index < -0.39 is 12.4 Å². The normalized spacial score (nSPS) is 22.1. The first-order valence-electron chi connectivity index (χ1n) is 11.0. The highest BCUT2D eigenvalue weighted by Gasteiger charge is 2.45. The molecule has 172 valence electrons. The maximum absolute atomic E-state index is 13.5. The van der Waals surface area contributed by atoms with E-state index >= 15 is 0 Å². The minimum atomic E-state index is -3.63. The third kappa shape index (κ3) is 3.81. The van der Waals surface area contributed by atoms with Crippen LogP contribution in [0.4, 0.5) is 14.5 Å². The fourth-order valence-electron chi connectivity index (χ4n) is 4.74. The van der Waals surface area contributed by atoms with Crippen LogP contribution in [-0.2, 0) is 13.0 Å². The number of alkyl halides is 2. The molecule has 1 unspecified atom stereocenters. The molecule has 1 aromatic carbocycles. The van der Waals surface area contributed by atoms with Gasteiger partial charge in [-0.1, -0.05) is 6.07 Å². The molecule has 5 rings (SSSR count). The molecular formula is C22H26F2N4O4. The number of piperazine rings is 1. The largest absolute Gasteiger partial charge is 0.586 e. The van der Waals surface area contributed by atoms with E-state index in [9.17, 15) is 18.7 Å². The molecule has 1 saturated heterocycles. The van der Waals surface area contributed by atoms with Gasteiger partial charge in [-0.05, 0) is 38.3 Å². The van der Waals surface area contributed by atoms with Crippen molar-refractivity contribution in [1.29, 1.82) is 0 Å². The van der Waals surface area contributed by atoms with Gasteiger partial charge in [0.15, 0.2) is 11.5 Å². The first-order chi connectivity index (χ1) is 15.3. The number of nitrogens with zero attached hydrogens (tertiary/aromatic N) is 4. The summed E-state index contributed by atoms with van der Waals surface area (Å²) in [6.45, 7) is 5.89. The van der Waals surface area contributed by atoms with E-state index in [1.165, 1.54) is 6.07 Å². The van der Waals surface area contributed by atoms with Crippen LogP contribution in [0.3, 0.4) is 0 Å². The second-order valence-electron chi connectivity index (χ2n) is 8.50. The van der Waals surface area contributed by atoms with E-state index in [0.717, 1.165) is 19.5 Å². The van der Waals surface area contributed by atoms with Crippen LogP contribution in [0.25, 0.3) is 0 Å². The Labute approximate surface area is 184 Å². The smallest absolute Gasteiger partial charge is 0.395 e. The minimum Gasteiger partial charge on any atom is -0.395 e. The molecular weight excluding hydrogens is 422 g/mol. The summed E-state index contributed by atoms with van der Waals surface area (Å²) in [4.78, 5) is 21.7. The van der Waals surface area contributed by atoms with Crippen LogP contribution in [0.1, 0.15) is 36.0 Å². The summed E-state index contributed by atoms with van der Waals surface area (Å²) in [6, 6.07) is 4.92. The monoisotopic (exact) mass is 448 g/mol. The molecule has 32 heavy (non-hydrogen) atoms. The lowest BCUT2D eigenvalue weighted by atomic mass is 10.1. The zero-order valence-electron chi connectivity index (χ0n) is 17.9. The van der Waals surface area contributed by atoms with Gasteiger partial charge in [0, 0.05) is 50.5 Å². The number of halogens is 2. The lowest BCUT2D eigenvalue weighted by Gasteiger charge is -2.36. The van der Waals surface area contributed by atoms with E-state index in [-0.39, 0.29) is 17.1 Å². The number of hydrogen-bond donors (Lipinski definition) is 1. The van der Waals surface area contributed by atoms with Crippen LogP contribution >= 0.6 is 0 Å². The average molecular weight is 448 g/mol. The molecule has 4 heterocycles. The third-order valence-electron chi connectivity index (χ3n) is 6.45. The van der Waals surface area contributed by atoms with Crippen LogP contribution in [0, 0.1) is 6.92 Å². The first kappa shape index (κ1) is 21.1. The Kier molecular flexibility index (Phi) is 5.29. The maximum Gasteiger partial charge on any atom is 0.586 e. The van der Waals surface area contributed by atoms with Gasteiger partial charge in [0.2, 0.25) is 0 Å². The summed E-state index contributed by atoms with van der Waals surface area (Å²) in [5.74, 6) is 0.608. The average Bonchev–Trinajstić information content (AvgIpc) is 3.09. The van der Waals surface area contributed by atoms with Crippen molar-refractivity contribution in [2.45, 2.75) is 45.1 Å². The highest BCUT2D eigenvalue weighted by Crippen LogP contribution is 2.47. The predicted octanol–water partition coefficient (Wildman–Crippen LogP) is 2.07. The Balaban J connectivity index is 1.23. The Morgan fingerprint density at radius 1 is 1.19 bits per heavy atom. The van der Waals surface area contributed by atoms with Gasteiger partial charge in [0.1, 0.15) is 11.9 Å². The van der Waals surface area contributed by atoms with Gasteiger partial charge in [0.05, 0.1) is 5.69 Å². The molecule has 1 atom stereocenters. The molecule has 1 N–H and O–H groups in total. The van der Waals surface area contributed by atoms with Crippen molar-refractivity contribution in [2.24, 2.45) is 0 Å². The highest BCUT2D eigenvalue weighted by atomic mass is 19.3. The van der Waals surface area contributed by atoms with Gasteiger partial charge in [0.25, 0.3) is 5.56 Å². The number of hydrogen-bond acceptors (Lipinski definition) is 7. The van der Waals surface area contributed by atoms with Gasteiger partial charge in [-0.25, -0.2) is 4.98 Å². The number of aromatic nitrogens is 2. The van der Waals surface area contributed by atoms with Gasteiger partial charge in [-0.2, -0.15) is 0 Å². The SMILES string of the molecule is Cc1nc2n(c(=O)c1CCN1CCN(c3cccc4c3OC(F)(F)O4)CC1)CCCC2O. The van der Waals surface area contributed by atoms with Crippen molar-refractivity contribution in [3.63, 3.8) is 0 Å². The quantitative estimate of drug-likeness (QED) is 0.767. The van der Waals surface area contributed by atoms with Gasteiger partial charge in [-0.3, -0.25) is 14.3 Å². The third-order valence-corrected chi connectivity index (χ3v) is 6.45. The van der Waals surface area contributed by atoms with E-state index in [0.29, 0.717) is 61.8 Å². The van der Waals surface area contributed by atoms with E-state index in [2.05, 4.69) is 14.6 Å². The van der Waals surface area contributed by atoms with E-state index in [4.69, 9.17) is 4.74 Å². The second kappa shape index (κ2) is 8.00. The molecule has 0 amide bonds. The Morgan fingerprint density at radius 3 is 2.75 bits per heavy atom. The van der Waals surface area contributed by atoms with Crippen molar-refractivity contribution in [3.05, 3.63) is 45.6 Å². The number of ether oxygens (including phenoxy) is 2. The standard InChI is InChI=1S/C22H26F2N4O4/c1-14-15(21(30)28-8-3-5-17(29)20(28)25-14)7-9-26-10-12-27(13-11-26)16-4-2-6-18-19(16)32-22(23,24)31-18/h2,4,6,17,29H,3,5,7-13H2,1H3. The maximum atomic E-state index is 13.5. The Morgan fingerprint density at radius 2 is 1.97 bits per heavy atom. The molecule has 0 bridgehead atoms. The minimum absolute atomic E-state index is 0.0518. The van der Waals surface area contributed by atoms with Crippen molar-refractivity contribution < 1.29 is 23.4 Å². The molecule has 3 aliphatic rings. The fraction of sp³-hybridized carbons (Fsp3) is 0.545. The van der Waals surface area contributed by atoms with E-state index in [1.54, 1.807) is 16.7 Å². The Hall–Kier alpha value is -2.72.